The Kier molecular flexibility index (Phi) is 7.03. The molecule has 2 rings (SSSR count). The number of carbonyl (C=O) groups excluding carboxylic acids is 1. The zero-order valence-corrected chi connectivity index (χ0v) is 14.3. The standard InChI is InChI=1S/C18H27N3O3/c1-2-3-8-15(18(23)24)20-17(22)14-9-10-16(19-13-14)21-11-6-4-5-7-12-21/h9-10,13,15H,2-8,11-12H2,1H3,(H,20,22)(H,23,24)/t15-/m0/s1. The number of nitrogens with zero attached hydrogens (tertiary/aromatic N) is 2. The van der Waals surface area contributed by atoms with E-state index in [1.165, 1.54) is 31.9 Å². The second-order valence-electron chi connectivity index (χ2n) is 6.31. The van der Waals surface area contributed by atoms with Gasteiger partial charge in [-0.2, -0.15) is 0 Å². The van der Waals surface area contributed by atoms with E-state index in [0.29, 0.717) is 12.0 Å². The van der Waals surface area contributed by atoms with Crippen molar-refractivity contribution in [3.05, 3.63) is 23.9 Å². The van der Waals surface area contributed by atoms with E-state index in [0.717, 1.165) is 31.7 Å². The fourth-order valence-corrected chi connectivity index (χ4v) is 2.91. The summed E-state index contributed by atoms with van der Waals surface area (Å²) in [5, 5.41) is 11.8. The molecule has 1 aliphatic heterocycles. The van der Waals surface area contributed by atoms with Crippen LogP contribution in [-0.2, 0) is 4.79 Å². The average molecular weight is 333 g/mol. The Morgan fingerprint density at radius 1 is 1.25 bits per heavy atom. The summed E-state index contributed by atoms with van der Waals surface area (Å²) in [4.78, 5) is 30.1. The summed E-state index contributed by atoms with van der Waals surface area (Å²) in [6.45, 7) is 3.99. The van der Waals surface area contributed by atoms with Crippen LogP contribution in [0.1, 0.15) is 62.2 Å². The van der Waals surface area contributed by atoms with Gasteiger partial charge < -0.3 is 15.3 Å². The SMILES string of the molecule is CCCC[C@H](NC(=O)c1ccc(N2CCCCCC2)nc1)C(=O)O. The molecule has 6 heteroatoms. The summed E-state index contributed by atoms with van der Waals surface area (Å²) in [5.74, 6) is -0.492. The van der Waals surface area contributed by atoms with E-state index >= 15 is 0 Å². The molecule has 1 aliphatic rings. The quantitative estimate of drug-likeness (QED) is 0.802. The summed E-state index contributed by atoms with van der Waals surface area (Å²) < 4.78 is 0. The van der Waals surface area contributed by atoms with Crippen LogP contribution in [-0.4, -0.2) is 41.1 Å². The Hall–Kier alpha value is -2.11. The number of anilines is 1. The highest BCUT2D eigenvalue weighted by Gasteiger charge is 2.20. The second-order valence-corrected chi connectivity index (χ2v) is 6.31. The molecule has 24 heavy (non-hydrogen) atoms. The van der Waals surface area contributed by atoms with Crippen LogP contribution in [0.4, 0.5) is 5.82 Å². The maximum atomic E-state index is 12.2. The van der Waals surface area contributed by atoms with Gasteiger partial charge in [0.25, 0.3) is 5.91 Å². The number of pyridine rings is 1. The van der Waals surface area contributed by atoms with Gasteiger partial charge >= 0.3 is 5.97 Å². The first kappa shape index (κ1) is 18.2. The van der Waals surface area contributed by atoms with E-state index in [1.807, 2.05) is 13.0 Å². The smallest absolute Gasteiger partial charge is 0.326 e. The van der Waals surface area contributed by atoms with Gasteiger partial charge in [0.15, 0.2) is 0 Å². The van der Waals surface area contributed by atoms with Crippen molar-refractivity contribution in [2.75, 3.05) is 18.0 Å². The normalized spacial score (nSPS) is 16.3. The minimum Gasteiger partial charge on any atom is -0.480 e. The van der Waals surface area contributed by atoms with Crippen LogP contribution >= 0.6 is 0 Å². The Balaban J connectivity index is 1.98. The number of nitrogens with one attached hydrogen (secondary N) is 1. The first-order valence-corrected chi connectivity index (χ1v) is 8.86. The lowest BCUT2D eigenvalue weighted by Crippen LogP contribution is -2.40. The van der Waals surface area contributed by atoms with Gasteiger partial charge in [-0.3, -0.25) is 4.79 Å². The highest BCUT2D eigenvalue weighted by molar-refractivity contribution is 5.96. The van der Waals surface area contributed by atoms with Gasteiger partial charge in [-0.25, -0.2) is 9.78 Å². The van der Waals surface area contributed by atoms with E-state index < -0.39 is 12.0 Å². The molecule has 1 aromatic heterocycles. The fraction of sp³-hybridized carbons (Fsp3) is 0.611. The van der Waals surface area contributed by atoms with Gasteiger partial charge in [0.2, 0.25) is 0 Å². The van der Waals surface area contributed by atoms with Gasteiger partial charge in [0, 0.05) is 19.3 Å². The number of carboxylic acid groups (broad SMARTS) is 1. The molecule has 1 atom stereocenters. The molecule has 1 saturated heterocycles. The van der Waals surface area contributed by atoms with Crippen LogP contribution in [0.2, 0.25) is 0 Å². The van der Waals surface area contributed by atoms with Gasteiger partial charge in [-0.1, -0.05) is 32.6 Å². The molecule has 0 saturated carbocycles. The zero-order chi connectivity index (χ0) is 17.4. The summed E-state index contributed by atoms with van der Waals surface area (Å²) in [5.41, 5.74) is 0.399. The molecule has 1 aromatic rings. The second kappa shape index (κ2) is 9.25. The van der Waals surface area contributed by atoms with Crippen molar-refractivity contribution in [1.29, 1.82) is 0 Å². The number of rotatable bonds is 7. The van der Waals surface area contributed by atoms with E-state index in [-0.39, 0.29) is 5.91 Å². The predicted molar refractivity (Wildman–Crippen MR) is 93.3 cm³/mol. The molecule has 0 spiro atoms. The molecular weight excluding hydrogens is 306 g/mol. The Labute approximate surface area is 143 Å². The molecule has 0 aliphatic carbocycles. The highest BCUT2D eigenvalue weighted by atomic mass is 16.4. The number of hydrogen-bond donors (Lipinski definition) is 2. The third kappa shape index (κ3) is 5.22. The first-order chi connectivity index (χ1) is 11.6. The maximum absolute atomic E-state index is 12.2. The van der Waals surface area contributed by atoms with Gasteiger partial charge in [0.1, 0.15) is 11.9 Å². The van der Waals surface area contributed by atoms with E-state index in [1.54, 1.807) is 6.07 Å². The minimum absolute atomic E-state index is 0.381. The highest BCUT2D eigenvalue weighted by Crippen LogP contribution is 2.17. The third-order valence-electron chi connectivity index (χ3n) is 4.39. The number of unbranched alkanes of at least 4 members (excludes halogenated alkanes) is 1. The number of hydrogen-bond acceptors (Lipinski definition) is 4. The summed E-state index contributed by atoms with van der Waals surface area (Å²) >= 11 is 0. The molecule has 6 nitrogen and oxygen atoms in total. The van der Waals surface area contributed by atoms with Crippen molar-refractivity contribution in [2.24, 2.45) is 0 Å². The molecule has 0 aromatic carbocycles. The van der Waals surface area contributed by atoms with Crippen LogP contribution in [0.5, 0.6) is 0 Å². The number of aromatic nitrogens is 1. The molecule has 2 N–H and O–H groups in total. The summed E-state index contributed by atoms with van der Waals surface area (Å²) in [6.07, 6.45) is 8.49. The first-order valence-electron chi connectivity index (χ1n) is 8.86. The van der Waals surface area contributed by atoms with E-state index in [9.17, 15) is 14.7 Å². The Morgan fingerprint density at radius 2 is 1.96 bits per heavy atom. The lowest BCUT2D eigenvalue weighted by molar-refractivity contribution is -0.139. The van der Waals surface area contributed by atoms with E-state index in [4.69, 9.17) is 0 Å². The Morgan fingerprint density at radius 3 is 2.50 bits per heavy atom. The van der Waals surface area contributed by atoms with Crippen molar-refractivity contribution in [3.63, 3.8) is 0 Å². The number of amides is 1. The topological polar surface area (TPSA) is 82.5 Å². The van der Waals surface area contributed by atoms with Gasteiger partial charge in [-0.15, -0.1) is 0 Å². The molecular formula is C18H27N3O3. The minimum atomic E-state index is -0.994. The summed E-state index contributed by atoms with van der Waals surface area (Å²) in [7, 11) is 0. The number of carbonyl (C=O) groups is 2. The maximum Gasteiger partial charge on any atom is 0.326 e. The van der Waals surface area contributed by atoms with Crippen molar-refractivity contribution in [2.45, 2.75) is 57.9 Å². The van der Waals surface area contributed by atoms with Crippen LogP contribution in [0, 0.1) is 0 Å². The largest absolute Gasteiger partial charge is 0.480 e. The molecule has 132 valence electrons. The lowest BCUT2D eigenvalue weighted by Gasteiger charge is -2.21. The third-order valence-corrected chi connectivity index (χ3v) is 4.39. The van der Waals surface area contributed by atoms with Crippen LogP contribution in [0.3, 0.4) is 0 Å². The van der Waals surface area contributed by atoms with Crippen molar-refractivity contribution in [1.82, 2.24) is 10.3 Å². The van der Waals surface area contributed by atoms with Crippen molar-refractivity contribution < 1.29 is 14.7 Å². The molecule has 0 radical (unpaired) electrons. The van der Waals surface area contributed by atoms with Crippen molar-refractivity contribution in [3.8, 4) is 0 Å². The molecule has 0 unspecified atom stereocenters. The van der Waals surface area contributed by atoms with Crippen LogP contribution in [0.15, 0.2) is 18.3 Å². The van der Waals surface area contributed by atoms with Crippen LogP contribution < -0.4 is 10.2 Å². The zero-order valence-electron chi connectivity index (χ0n) is 14.3. The Bertz CT molecular complexity index is 537. The molecule has 2 heterocycles. The lowest BCUT2D eigenvalue weighted by atomic mass is 10.1. The molecule has 1 fully saturated rings. The van der Waals surface area contributed by atoms with Crippen LogP contribution in [0.25, 0.3) is 0 Å². The average Bonchev–Trinajstić information content (AvgIpc) is 2.87. The predicted octanol–water partition coefficient (Wildman–Crippen LogP) is 2.84. The number of carboxylic acids is 1. The van der Waals surface area contributed by atoms with E-state index in [2.05, 4.69) is 15.2 Å². The molecule has 1 amide bonds. The fourth-order valence-electron chi connectivity index (χ4n) is 2.91. The molecule has 0 bridgehead atoms. The van der Waals surface area contributed by atoms with Gasteiger partial charge in [-0.05, 0) is 31.4 Å². The van der Waals surface area contributed by atoms with Crippen molar-refractivity contribution >= 4 is 17.7 Å². The summed E-state index contributed by atoms with van der Waals surface area (Å²) in [6, 6.07) is 2.73. The van der Waals surface area contributed by atoms with Gasteiger partial charge in [0.05, 0.1) is 5.56 Å². The number of aliphatic carboxylic acids is 1. The monoisotopic (exact) mass is 333 g/mol.